The zero-order valence-corrected chi connectivity index (χ0v) is 15.6. The number of thiazole rings is 1. The Bertz CT molecular complexity index is 1050. The van der Waals surface area contributed by atoms with E-state index in [0.717, 1.165) is 54.3 Å². The van der Waals surface area contributed by atoms with Crippen LogP contribution < -0.4 is 4.90 Å². The van der Waals surface area contributed by atoms with E-state index >= 15 is 0 Å². The molecule has 0 amide bonds. The zero-order valence-electron chi connectivity index (χ0n) is 14.8. The molecule has 0 atom stereocenters. The Kier molecular flexibility index (Phi) is 4.31. The Balaban J connectivity index is 1.52. The number of nitrogens with one attached hydrogen (secondary N) is 1. The van der Waals surface area contributed by atoms with Gasteiger partial charge in [-0.05, 0) is 16.3 Å². The first kappa shape index (κ1) is 16.4. The molecule has 0 bridgehead atoms. The summed E-state index contributed by atoms with van der Waals surface area (Å²) in [6.45, 7) is 3.24. The third-order valence-electron chi connectivity index (χ3n) is 4.78. The molecule has 1 fully saturated rings. The molecule has 0 unspecified atom stereocenters. The highest BCUT2D eigenvalue weighted by Crippen LogP contribution is 2.34. The molecule has 27 heavy (non-hydrogen) atoms. The van der Waals surface area contributed by atoms with E-state index in [0.29, 0.717) is 0 Å². The maximum Gasteiger partial charge on any atom is 0.186 e. The Labute approximate surface area is 160 Å². The lowest BCUT2D eigenvalue weighted by molar-refractivity contribution is 0.122. The number of aromatic nitrogens is 4. The van der Waals surface area contributed by atoms with Crippen LogP contribution in [-0.4, -0.2) is 46.5 Å². The molecule has 0 spiro atoms. The second-order valence-corrected chi connectivity index (χ2v) is 7.54. The van der Waals surface area contributed by atoms with E-state index < -0.39 is 0 Å². The molecule has 136 valence electrons. The molecule has 6 nitrogen and oxygen atoms in total. The first-order valence-electron chi connectivity index (χ1n) is 9.02. The summed E-state index contributed by atoms with van der Waals surface area (Å²) in [5, 5.41) is 10.5. The quantitative estimate of drug-likeness (QED) is 0.589. The Hall–Kier alpha value is -2.77. The van der Waals surface area contributed by atoms with E-state index in [1.54, 1.807) is 17.7 Å². The van der Waals surface area contributed by atoms with Gasteiger partial charge in [0.1, 0.15) is 6.33 Å². The van der Waals surface area contributed by atoms with Crippen LogP contribution in [0.1, 0.15) is 11.3 Å². The molecule has 1 aliphatic heterocycles. The summed E-state index contributed by atoms with van der Waals surface area (Å²) in [5.74, 6) is 0.780. The SMILES string of the molecule is c1ccc2cc(Cc3nc(N4CCOCC4)sc3-c3ncn[nH]3)ccc2c1. The van der Waals surface area contributed by atoms with E-state index in [1.807, 2.05) is 0 Å². The van der Waals surface area contributed by atoms with Crippen LogP contribution in [0.25, 0.3) is 21.5 Å². The van der Waals surface area contributed by atoms with Crippen molar-refractivity contribution in [3.05, 3.63) is 60.0 Å². The molecule has 4 aromatic rings. The van der Waals surface area contributed by atoms with Gasteiger partial charge in [0.05, 0.1) is 23.8 Å². The van der Waals surface area contributed by atoms with Crippen molar-refractivity contribution >= 4 is 27.2 Å². The topological polar surface area (TPSA) is 66.9 Å². The normalized spacial score (nSPS) is 14.7. The van der Waals surface area contributed by atoms with Gasteiger partial charge in [0.2, 0.25) is 0 Å². The number of fused-ring (bicyclic) bond motifs is 1. The number of hydrogen-bond acceptors (Lipinski definition) is 6. The van der Waals surface area contributed by atoms with Crippen molar-refractivity contribution in [2.75, 3.05) is 31.2 Å². The molecule has 0 radical (unpaired) electrons. The van der Waals surface area contributed by atoms with Gasteiger partial charge in [-0.25, -0.2) is 9.97 Å². The highest BCUT2D eigenvalue weighted by molar-refractivity contribution is 7.19. The fourth-order valence-electron chi connectivity index (χ4n) is 3.39. The number of morpholine rings is 1. The number of rotatable bonds is 4. The molecule has 7 heteroatoms. The average molecular weight is 377 g/mol. The lowest BCUT2D eigenvalue weighted by Crippen LogP contribution is -2.36. The van der Waals surface area contributed by atoms with Crippen LogP contribution in [0.5, 0.6) is 0 Å². The second kappa shape index (κ2) is 7.09. The largest absolute Gasteiger partial charge is 0.378 e. The smallest absolute Gasteiger partial charge is 0.186 e. The van der Waals surface area contributed by atoms with Crippen molar-refractivity contribution in [2.45, 2.75) is 6.42 Å². The third kappa shape index (κ3) is 3.31. The van der Waals surface area contributed by atoms with Gasteiger partial charge in [0.15, 0.2) is 11.0 Å². The summed E-state index contributed by atoms with van der Waals surface area (Å²) < 4.78 is 5.47. The maximum atomic E-state index is 5.47. The first-order valence-corrected chi connectivity index (χ1v) is 9.84. The molecule has 5 rings (SSSR count). The molecule has 0 aliphatic carbocycles. The summed E-state index contributed by atoms with van der Waals surface area (Å²) in [7, 11) is 0. The van der Waals surface area contributed by atoms with E-state index in [1.165, 1.54) is 16.3 Å². The summed E-state index contributed by atoms with van der Waals surface area (Å²) in [5.41, 5.74) is 2.28. The van der Waals surface area contributed by atoms with E-state index in [2.05, 4.69) is 62.5 Å². The molecule has 1 N–H and O–H groups in total. The Morgan fingerprint density at radius 1 is 1.07 bits per heavy atom. The van der Waals surface area contributed by atoms with Crippen molar-refractivity contribution in [2.24, 2.45) is 0 Å². The standard InChI is InChI=1S/C20H19N5OS/c1-2-4-16-11-14(5-6-15(16)3-1)12-17-18(19-21-13-22-24-19)27-20(23-17)25-7-9-26-10-8-25/h1-6,11,13H,7-10,12H2,(H,21,22,24). The molecule has 2 aromatic carbocycles. The molecule has 2 aromatic heterocycles. The minimum atomic E-state index is 0.747. The number of anilines is 1. The highest BCUT2D eigenvalue weighted by atomic mass is 32.1. The summed E-state index contributed by atoms with van der Waals surface area (Å²) in [6.07, 6.45) is 2.31. The van der Waals surface area contributed by atoms with Gasteiger partial charge in [-0.3, -0.25) is 5.10 Å². The fourth-order valence-corrected chi connectivity index (χ4v) is 4.47. The van der Waals surface area contributed by atoms with E-state index in [-0.39, 0.29) is 0 Å². The average Bonchev–Trinajstić information content (AvgIpc) is 3.38. The maximum absolute atomic E-state index is 5.47. The summed E-state index contributed by atoms with van der Waals surface area (Å²) in [6, 6.07) is 15.0. The number of nitrogens with zero attached hydrogens (tertiary/aromatic N) is 4. The van der Waals surface area contributed by atoms with Gasteiger partial charge in [-0.1, -0.05) is 53.8 Å². The van der Waals surface area contributed by atoms with Crippen LogP contribution >= 0.6 is 11.3 Å². The third-order valence-corrected chi connectivity index (χ3v) is 5.95. The number of aromatic amines is 1. The van der Waals surface area contributed by atoms with Crippen molar-refractivity contribution in [3.8, 4) is 10.7 Å². The molecular weight excluding hydrogens is 358 g/mol. The van der Waals surface area contributed by atoms with Crippen LogP contribution in [0.2, 0.25) is 0 Å². The van der Waals surface area contributed by atoms with Crippen molar-refractivity contribution < 1.29 is 4.74 Å². The lowest BCUT2D eigenvalue weighted by atomic mass is 10.0. The number of ether oxygens (including phenoxy) is 1. The predicted octanol–water partition coefficient (Wildman–Crippen LogP) is 3.51. The molecular formula is C20H19N5OS. The minimum absolute atomic E-state index is 0.747. The van der Waals surface area contributed by atoms with Crippen molar-refractivity contribution in [3.63, 3.8) is 0 Å². The van der Waals surface area contributed by atoms with E-state index in [9.17, 15) is 0 Å². The van der Waals surface area contributed by atoms with E-state index in [4.69, 9.17) is 9.72 Å². The fraction of sp³-hybridized carbons (Fsp3) is 0.250. The number of hydrogen-bond donors (Lipinski definition) is 1. The van der Waals surface area contributed by atoms with Crippen LogP contribution in [0.4, 0.5) is 5.13 Å². The van der Waals surface area contributed by atoms with Crippen molar-refractivity contribution in [1.82, 2.24) is 20.2 Å². The Morgan fingerprint density at radius 3 is 2.74 bits per heavy atom. The minimum Gasteiger partial charge on any atom is -0.378 e. The number of H-pyrrole nitrogens is 1. The molecule has 1 aliphatic rings. The first-order chi connectivity index (χ1) is 13.4. The molecule has 3 heterocycles. The van der Waals surface area contributed by atoms with Gasteiger partial charge in [0.25, 0.3) is 0 Å². The van der Waals surface area contributed by atoms with Gasteiger partial charge in [-0.2, -0.15) is 5.10 Å². The molecule has 0 saturated carbocycles. The van der Waals surface area contributed by atoms with Gasteiger partial charge < -0.3 is 9.64 Å². The lowest BCUT2D eigenvalue weighted by Gasteiger charge is -2.26. The van der Waals surface area contributed by atoms with Gasteiger partial charge >= 0.3 is 0 Å². The van der Waals surface area contributed by atoms with Crippen molar-refractivity contribution in [1.29, 1.82) is 0 Å². The van der Waals surface area contributed by atoms with Crippen LogP contribution in [0.3, 0.4) is 0 Å². The predicted molar refractivity (Wildman–Crippen MR) is 107 cm³/mol. The summed E-state index contributed by atoms with van der Waals surface area (Å²) in [4.78, 5) is 12.7. The summed E-state index contributed by atoms with van der Waals surface area (Å²) >= 11 is 1.67. The zero-order chi connectivity index (χ0) is 18.1. The number of benzene rings is 2. The highest BCUT2D eigenvalue weighted by Gasteiger charge is 2.21. The monoisotopic (exact) mass is 377 g/mol. The van der Waals surface area contributed by atoms with Crippen LogP contribution in [-0.2, 0) is 11.2 Å². The molecule has 1 saturated heterocycles. The Morgan fingerprint density at radius 2 is 1.93 bits per heavy atom. The van der Waals surface area contributed by atoms with Crippen LogP contribution in [0.15, 0.2) is 48.8 Å². The van der Waals surface area contributed by atoms with Gasteiger partial charge in [0, 0.05) is 19.5 Å². The second-order valence-electron chi connectivity index (χ2n) is 6.56. The van der Waals surface area contributed by atoms with Crippen LogP contribution in [0, 0.1) is 0 Å². The van der Waals surface area contributed by atoms with Gasteiger partial charge in [-0.15, -0.1) is 0 Å².